The van der Waals surface area contributed by atoms with E-state index in [9.17, 15) is 19.7 Å². The summed E-state index contributed by atoms with van der Waals surface area (Å²) in [7, 11) is 1.61. The minimum absolute atomic E-state index is 0.128. The van der Waals surface area contributed by atoms with E-state index >= 15 is 0 Å². The monoisotopic (exact) mass is 650 g/mol. The zero-order valence-electron chi connectivity index (χ0n) is 24.6. The summed E-state index contributed by atoms with van der Waals surface area (Å²) in [6.07, 6.45) is 0.252. The third kappa shape index (κ3) is 6.59. The van der Waals surface area contributed by atoms with Gasteiger partial charge < -0.3 is 14.2 Å². The van der Waals surface area contributed by atoms with Crippen LogP contribution in [0.1, 0.15) is 50.3 Å². The Kier molecular flexibility index (Phi) is 9.59. The molecule has 3 aromatic carbocycles. The number of nitrogens with zero attached hydrogens (tertiary/aromatic N) is 4. The molecule has 0 bridgehead atoms. The Hall–Kier alpha value is -4.58. The molecule has 0 unspecified atom stereocenters. The van der Waals surface area contributed by atoms with Gasteiger partial charge in [-0.3, -0.25) is 14.9 Å². The summed E-state index contributed by atoms with van der Waals surface area (Å²) in [5.74, 6) is 0.371. The summed E-state index contributed by atoms with van der Waals surface area (Å²) in [5.41, 5.74) is 2.45. The molecule has 0 N–H and O–H groups in total. The fourth-order valence-electron chi connectivity index (χ4n) is 4.51. The average molecular weight is 652 g/mol. The van der Waals surface area contributed by atoms with E-state index in [0.29, 0.717) is 27.9 Å². The number of aromatic nitrogens is 2. The quantitative estimate of drug-likeness (QED) is 0.0834. The Morgan fingerprint density at radius 1 is 1.19 bits per heavy atom. The number of hydrogen-bond donors (Lipinski definition) is 0. The number of hydrogen-bond acceptors (Lipinski definition) is 9. The third-order valence-corrected chi connectivity index (χ3v) is 7.26. The lowest BCUT2D eigenvalue weighted by Gasteiger charge is -2.17. The fraction of sp³-hybridized carbons (Fsp3) is 0.290. The first-order valence-corrected chi connectivity index (χ1v) is 14.3. The van der Waals surface area contributed by atoms with E-state index in [1.807, 2.05) is 32.9 Å². The summed E-state index contributed by atoms with van der Waals surface area (Å²) in [6, 6.07) is 13.6. The number of nitro groups is 1. The smallest absolute Gasteiger partial charge is 0.347 e. The van der Waals surface area contributed by atoms with Gasteiger partial charge in [0.05, 0.1) is 40.2 Å². The second kappa shape index (κ2) is 13.2. The molecule has 4 aromatic rings. The first-order valence-electron chi connectivity index (χ1n) is 13.5. The molecular formula is C31H31BrN4O7. The molecule has 0 aliphatic rings. The van der Waals surface area contributed by atoms with Crippen molar-refractivity contribution >= 4 is 44.7 Å². The van der Waals surface area contributed by atoms with E-state index in [1.54, 1.807) is 44.4 Å². The summed E-state index contributed by atoms with van der Waals surface area (Å²) in [4.78, 5) is 41.9. The molecule has 1 aromatic heterocycles. The van der Waals surface area contributed by atoms with Gasteiger partial charge in [-0.1, -0.05) is 26.0 Å². The number of aryl methyl sites for hydroxylation is 1. The van der Waals surface area contributed by atoms with Crippen LogP contribution in [0.25, 0.3) is 22.3 Å². The molecule has 1 atom stereocenters. The van der Waals surface area contributed by atoms with Crippen LogP contribution in [-0.2, 0) is 9.53 Å². The minimum Gasteiger partial charge on any atom is -0.496 e. The topological polar surface area (TPSA) is 135 Å². The summed E-state index contributed by atoms with van der Waals surface area (Å²) in [6.45, 7) is 9.22. The standard InChI is InChI=1S/C31H31BrN4O7/c1-7-42-31(38)19(5)43-28-24(32)13-20(14-26(28)36(39)40)16-33-35-29(34-25-11-9-8-10-21(25)30(35)37)23-15-22(17(2)3)27(41-6)12-18(23)4/h8-17,19H,7H2,1-6H3/t19-/m1/s1. The Bertz CT molecular complexity index is 1800. The van der Waals surface area contributed by atoms with Gasteiger partial charge in [0.2, 0.25) is 5.75 Å². The van der Waals surface area contributed by atoms with Gasteiger partial charge in [-0.05, 0) is 84.1 Å². The van der Waals surface area contributed by atoms with Gasteiger partial charge in [0, 0.05) is 17.2 Å². The van der Waals surface area contributed by atoms with Crippen molar-refractivity contribution in [2.75, 3.05) is 13.7 Å². The molecule has 0 saturated carbocycles. The van der Waals surface area contributed by atoms with Crippen molar-refractivity contribution < 1.29 is 23.9 Å². The fourth-order valence-corrected chi connectivity index (χ4v) is 5.07. The van der Waals surface area contributed by atoms with Crippen molar-refractivity contribution in [1.29, 1.82) is 0 Å². The molecule has 0 fully saturated rings. The highest BCUT2D eigenvalue weighted by Gasteiger charge is 2.26. The molecule has 1 heterocycles. The number of rotatable bonds is 10. The molecule has 0 amide bonds. The highest BCUT2D eigenvalue weighted by Crippen LogP contribution is 2.37. The number of esters is 1. The first kappa shape index (κ1) is 31.4. The number of ether oxygens (including phenoxy) is 3. The van der Waals surface area contributed by atoms with Crippen LogP contribution in [0.4, 0.5) is 5.69 Å². The summed E-state index contributed by atoms with van der Waals surface area (Å²) in [5, 5.41) is 16.8. The maximum absolute atomic E-state index is 13.7. The van der Waals surface area contributed by atoms with Crippen LogP contribution in [-0.4, -0.2) is 46.6 Å². The van der Waals surface area contributed by atoms with Crippen molar-refractivity contribution in [3.8, 4) is 22.9 Å². The van der Waals surface area contributed by atoms with Gasteiger partial charge in [0.25, 0.3) is 5.56 Å². The maximum Gasteiger partial charge on any atom is 0.347 e. The second-order valence-corrected chi connectivity index (χ2v) is 10.9. The predicted octanol–water partition coefficient (Wildman–Crippen LogP) is 6.39. The van der Waals surface area contributed by atoms with Crippen LogP contribution < -0.4 is 15.0 Å². The number of nitro benzene ring substituents is 1. The lowest BCUT2D eigenvalue weighted by atomic mass is 9.96. The third-order valence-electron chi connectivity index (χ3n) is 6.67. The summed E-state index contributed by atoms with van der Waals surface area (Å²) >= 11 is 3.32. The molecule has 0 aliphatic carbocycles. The van der Waals surface area contributed by atoms with Gasteiger partial charge in [-0.25, -0.2) is 9.78 Å². The van der Waals surface area contributed by atoms with Crippen LogP contribution in [0.2, 0.25) is 0 Å². The predicted molar refractivity (Wildman–Crippen MR) is 167 cm³/mol. The largest absolute Gasteiger partial charge is 0.496 e. The molecule has 0 saturated heterocycles. The minimum atomic E-state index is -1.08. The number of para-hydroxylation sites is 1. The normalized spacial score (nSPS) is 12.1. The SMILES string of the molecule is CCOC(=O)[C@@H](C)Oc1c(Br)cc(C=Nn2c(-c3cc(C(C)C)c(OC)cc3C)nc3ccccc3c2=O)cc1[N+](=O)[O-]. The van der Waals surface area contributed by atoms with Crippen LogP contribution in [0.5, 0.6) is 11.5 Å². The van der Waals surface area contributed by atoms with Gasteiger partial charge >= 0.3 is 11.7 Å². The number of methoxy groups -OCH3 is 1. The molecule has 11 nitrogen and oxygen atoms in total. The van der Waals surface area contributed by atoms with E-state index in [0.717, 1.165) is 16.9 Å². The van der Waals surface area contributed by atoms with Crippen molar-refractivity contribution in [2.45, 2.75) is 46.6 Å². The maximum atomic E-state index is 13.7. The van der Waals surface area contributed by atoms with Gasteiger partial charge in [0.15, 0.2) is 11.9 Å². The average Bonchev–Trinajstić information content (AvgIpc) is 2.97. The van der Waals surface area contributed by atoms with Crippen LogP contribution in [0.3, 0.4) is 0 Å². The molecular weight excluding hydrogens is 620 g/mol. The zero-order chi connectivity index (χ0) is 31.4. The lowest BCUT2D eigenvalue weighted by molar-refractivity contribution is -0.386. The van der Waals surface area contributed by atoms with Gasteiger partial charge in [-0.15, -0.1) is 0 Å². The Balaban J connectivity index is 1.88. The molecule has 0 aliphatic heterocycles. The van der Waals surface area contributed by atoms with Crippen molar-refractivity contribution in [1.82, 2.24) is 9.66 Å². The van der Waals surface area contributed by atoms with Crippen molar-refractivity contribution in [3.63, 3.8) is 0 Å². The van der Waals surface area contributed by atoms with E-state index in [2.05, 4.69) is 21.0 Å². The zero-order valence-corrected chi connectivity index (χ0v) is 26.2. The molecule has 0 radical (unpaired) electrons. The molecule has 12 heteroatoms. The van der Waals surface area contributed by atoms with Crippen LogP contribution >= 0.6 is 15.9 Å². The number of fused-ring (bicyclic) bond motifs is 1. The van der Waals surface area contributed by atoms with Crippen LogP contribution in [0.15, 0.2) is 62.9 Å². The number of carbonyl (C=O) groups excluding carboxylic acids is 1. The molecule has 43 heavy (non-hydrogen) atoms. The van der Waals surface area contributed by atoms with Crippen LogP contribution in [0, 0.1) is 17.0 Å². The number of halogens is 1. The van der Waals surface area contributed by atoms with Crippen molar-refractivity contribution in [3.05, 3.63) is 90.2 Å². The molecule has 224 valence electrons. The molecule has 4 rings (SSSR count). The lowest BCUT2D eigenvalue weighted by Crippen LogP contribution is -2.26. The number of benzene rings is 3. The van der Waals surface area contributed by atoms with E-state index in [4.69, 9.17) is 19.2 Å². The number of carbonyl (C=O) groups is 1. The van der Waals surface area contributed by atoms with E-state index < -0.39 is 28.2 Å². The highest BCUT2D eigenvalue weighted by molar-refractivity contribution is 9.10. The molecule has 0 spiro atoms. The second-order valence-electron chi connectivity index (χ2n) is 10.00. The van der Waals surface area contributed by atoms with E-state index in [1.165, 1.54) is 23.9 Å². The Morgan fingerprint density at radius 2 is 1.91 bits per heavy atom. The van der Waals surface area contributed by atoms with Gasteiger partial charge in [0.1, 0.15) is 5.75 Å². The van der Waals surface area contributed by atoms with Gasteiger partial charge in [-0.2, -0.15) is 9.78 Å². The Morgan fingerprint density at radius 3 is 2.56 bits per heavy atom. The first-order chi connectivity index (χ1) is 20.5. The highest BCUT2D eigenvalue weighted by atomic mass is 79.9. The summed E-state index contributed by atoms with van der Waals surface area (Å²) < 4.78 is 17.5. The Labute approximate surface area is 256 Å². The van der Waals surface area contributed by atoms with Crippen molar-refractivity contribution in [2.24, 2.45) is 5.10 Å². The van der Waals surface area contributed by atoms with E-state index in [-0.39, 0.29) is 22.7 Å².